The van der Waals surface area contributed by atoms with Crippen LogP contribution in [-0.2, 0) is 19.5 Å². The van der Waals surface area contributed by atoms with Gasteiger partial charge in [0.2, 0.25) is 10.0 Å². The second-order valence-electron chi connectivity index (χ2n) is 7.18. The van der Waals surface area contributed by atoms with Crippen molar-refractivity contribution in [1.29, 1.82) is 0 Å². The first kappa shape index (κ1) is 23.3. The molecule has 3 rings (SSSR count). The Bertz CT molecular complexity index is 966. The molecule has 0 N–H and O–H groups in total. The Balaban J connectivity index is 1.72. The molecule has 1 fully saturated rings. The second-order valence-corrected chi connectivity index (χ2v) is 9.11. The largest absolute Gasteiger partial charge is 0.464 e. The smallest absolute Gasteiger partial charge is 0.243 e. The highest BCUT2D eigenvalue weighted by atomic mass is 32.2. The molecule has 1 aliphatic heterocycles. The number of methoxy groups -OCH3 is 2. The monoisotopic (exact) mass is 447 g/mol. The number of piperidine rings is 1. The topological polar surface area (TPSA) is 74.3 Å². The summed E-state index contributed by atoms with van der Waals surface area (Å²) in [5, 5.41) is 0. The maximum absolute atomic E-state index is 12.8. The molecule has 7 nitrogen and oxygen atoms in total. The highest BCUT2D eigenvalue weighted by Gasteiger charge is 2.25. The third-order valence-corrected chi connectivity index (χ3v) is 6.85. The lowest BCUT2D eigenvalue weighted by atomic mass is 10.1. The average Bonchev–Trinajstić information content (AvgIpc) is 2.81. The summed E-state index contributed by atoms with van der Waals surface area (Å²) in [6, 6.07) is 12.5. The summed E-state index contributed by atoms with van der Waals surface area (Å²) >= 11 is 0. The van der Waals surface area contributed by atoms with E-state index in [4.69, 9.17) is 18.9 Å². The fourth-order valence-corrected chi connectivity index (χ4v) is 4.82. The fourth-order valence-electron chi connectivity index (χ4n) is 3.30. The van der Waals surface area contributed by atoms with E-state index in [0.29, 0.717) is 29.5 Å². The number of hydrogen-bond donors (Lipinski definition) is 0. The van der Waals surface area contributed by atoms with Gasteiger partial charge in [0.15, 0.2) is 25.1 Å². The van der Waals surface area contributed by atoms with Gasteiger partial charge in [-0.2, -0.15) is 4.31 Å². The summed E-state index contributed by atoms with van der Waals surface area (Å²) in [6.45, 7) is 1.41. The molecule has 0 amide bonds. The number of sulfonamides is 1. The maximum atomic E-state index is 12.8. The molecule has 0 spiro atoms. The van der Waals surface area contributed by atoms with Crippen LogP contribution < -0.4 is 9.47 Å². The zero-order valence-electron chi connectivity index (χ0n) is 18.0. The van der Waals surface area contributed by atoms with Gasteiger partial charge in [-0.25, -0.2) is 8.42 Å². The molecule has 0 atom stereocenters. The zero-order chi connectivity index (χ0) is 22.1. The summed E-state index contributed by atoms with van der Waals surface area (Å²) in [7, 11) is -0.315. The highest BCUT2D eigenvalue weighted by molar-refractivity contribution is 7.89. The van der Waals surface area contributed by atoms with Gasteiger partial charge in [0.1, 0.15) is 0 Å². The van der Waals surface area contributed by atoms with Crippen molar-refractivity contribution in [3.8, 4) is 11.5 Å². The molecule has 168 valence electrons. The van der Waals surface area contributed by atoms with Crippen molar-refractivity contribution >= 4 is 22.2 Å². The van der Waals surface area contributed by atoms with Crippen molar-refractivity contribution in [2.45, 2.75) is 24.2 Å². The van der Waals surface area contributed by atoms with Gasteiger partial charge in [0, 0.05) is 27.3 Å². The van der Waals surface area contributed by atoms with Crippen LogP contribution in [0.25, 0.3) is 12.2 Å². The van der Waals surface area contributed by atoms with E-state index < -0.39 is 10.0 Å². The van der Waals surface area contributed by atoms with Gasteiger partial charge in [-0.3, -0.25) is 0 Å². The van der Waals surface area contributed by atoms with Crippen LogP contribution in [0.4, 0.5) is 0 Å². The van der Waals surface area contributed by atoms with Crippen LogP contribution in [0.3, 0.4) is 0 Å². The van der Waals surface area contributed by atoms with E-state index in [0.717, 1.165) is 30.4 Å². The Morgan fingerprint density at radius 1 is 0.806 bits per heavy atom. The summed E-state index contributed by atoms with van der Waals surface area (Å²) in [5.74, 6) is 1.10. The molecule has 1 aliphatic rings. The fraction of sp³-hybridized carbons (Fsp3) is 0.391. The van der Waals surface area contributed by atoms with Gasteiger partial charge in [0.25, 0.3) is 0 Å². The van der Waals surface area contributed by atoms with Gasteiger partial charge < -0.3 is 18.9 Å². The molecular formula is C23H29NO6S. The lowest BCUT2D eigenvalue weighted by Gasteiger charge is -2.25. The van der Waals surface area contributed by atoms with E-state index in [9.17, 15) is 8.42 Å². The molecule has 0 aromatic heterocycles. The first-order chi connectivity index (χ1) is 15.0. The minimum atomic E-state index is -3.42. The molecule has 2 aromatic rings. The minimum Gasteiger partial charge on any atom is -0.464 e. The maximum Gasteiger partial charge on any atom is 0.243 e. The molecular weight excluding hydrogens is 418 g/mol. The predicted molar refractivity (Wildman–Crippen MR) is 119 cm³/mol. The lowest BCUT2D eigenvalue weighted by molar-refractivity contribution is 0.0322. The van der Waals surface area contributed by atoms with E-state index in [2.05, 4.69) is 0 Å². The van der Waals surface area contributed by atoms with Crippen LogP contribution >= 0.6 is 0 Å². The quantitative estimate of drug-likeness (QED) is 0.405. The van der Waals surface area contributed by atoms with E-state index in [-0.39, 0.29) is 13.6 Å². The molecule has 0 bridgehead atoms. The Hall–Kier alpha value is -2.39. The highest BCUT2D eigenvalue weighted by Crippen LogP contribution is 2.29. The van der Waals surface area contributed by atoms with E-state index in [1.165, 1.54) is 0 Å². The standard InChI is InChI=1S/C23H29NO6S/c1-27-17-29-22-13-10-20(16-23(22)30-18-28-2)7-6-19-8-11-21(12-9-19)31(25,26)24-14-4-3-5-15-24/h6-13,16H,3-5,14-15,17-18H2,1-2H3/b7-6+. The number of rotatable bonds is 10. The van der Waals surface area contributed by atoms with Gasteiger partial charge in [0.05, 0.1) is 4.90 Å². The molecule has 0 aliphatic carbocycles. The molecule has 0 unspecified atom stereocenters. The van der Waals surface area contributed by atoms with Gasteiger partial charge in [-0.05, 0) is 48.2 Å². The van der Waals surface area contributed by atoms with Crippen molar-refractivity contribution < 1.29 is 27.4 Å². The van der Waals surface area contributed by atoms with Gasteiger partial charge in [-0.15, -0.1) is 0 Å². The molecule has 2 aromatic carbocycles. The van der Waals surface area contributed by atoms with Crippen molar-refractivity contribution in [2.75, 3.05) is 40.9 Å². The number of nitrogens with zero attached hydrogens (tertiary/aromatic N) is 1. The van der Waals surface area contributed by atoms with Crippen molar-refractivity contribution in [3.63, 3.8) is 0 Å². The Morgan fingerprint density at radius 2 is 1.39 bits per heavy atom. The van der Waals surface area contributed by atoms with Crippen LogP contribution in [0.1, 0.15) is 30.4 Å². The van der Waals surface area contributed by atoms with Crippen LogP contribution in [0.15, 0.2) is 47.4 Å². The van der Waals surface area contributed by atoms with Crippen molar-refractivity contribution in [1.82, 2.24) is 4.31 Å². The lowest BCUT2D eigenvalue weighted by Crippen LogP contribution is -2.35. The van der Waals surface area contributed by atoms with Crippen LogP contribution in [0, 0.1) is 0 Å². The molecule has 0 saturated carbocycles. The summed E-state index contributed by atoms with van der Waals surface area (Å²) in [6.07, 6.45) is 6.78. The van der Waals surface area contributed by atoms with E-state index in [1.807, 2.05) is 36.4 Å². The molecule has 31 heavy (non-hydrogen) atoms. The van der Waals surface area contributed by atoms with Gasteiger partial charge >= 0.3 is 0 Å². The van der Waals surface area contributed by atoms with E-state index in [1.54, 1.807) is 36.7 Å². The zero-order valence-corrected chi connectivity index (χ0v) is 18.8. The molecule has 1 saturated heterocycles. The first-order valence-corrected chi connectivity index (χ1v) is 11.6. The summed E-state index contributed by atoms with van der Waals surface area (Å²) in [4.78, 5) is 0.335. The molecule has 8 heteroatoms. The third-order valence-electron chi connectivity index (χ3n) is 4.93. The number of hydrogen-bond acceptors (Lipinski definition) is 6. The SMILES string of the molecule is COCOc1ccc(/C=C/c2ccc(S(=O)(=O)N3CCCCC3)cc2)cc1OCOC. The predicted octanol–water partition coefficient (Wildman–Crippen LogP) is 4.00. The normalized spacial score (nSPS) is 15.3. The van der Waals surface area contributed by atoms with E-state index >= 15 is 0 Å². The van der Waals surface area contributed by atoms with Crippen molar-refractivity contribution in [3.05, 3.63) is 53.6 Å². The summed E-state index contributed by atoms with van der Waals surface area (Å²) in [5.41, 5.74) is 1.80. The third kappa shape index (κ3) is 6.30. The molecule has 1 heterocycles. The van der Waals surface area contributed by atoms with Crippen molar-refractivity contribution in [2.24, 2.45) is 0 Å². The Labute approximate surface area is 184 Å². The Morgan fingerprint density at radius 3 is 2.03 bits per heavy atom. The van der Waals surface area contributed by atoms with Gasteiger partial charge in [-0.1, -0.05) is 36.8 Å². The summed E-state index contributed by atoms with van der Waals surface area (Å²) < 4.78 is 48.1. The number of benzene rings is 2. The Kier molecular flexibility index (Phi) is 8.48. The average molecular weight is 448 g/mol. The minimum absolute atomic E-state index is 0.101. The second kappa shape index (κ2) is 11.3. The first-order valence-electron chi connectivity index (χ1n) is 10.2. The van der Waals surface area contributed by atoms with Crippen LogP contribution in [-0.4, -0.2) is 53.6 Å². The van der Waals surface area contributed by atoms with Crippen LogP contribution in [0.2, 0.25) is 0 Å². The van der Waals surface area contributed by atoms with Crippen LogP contribution in [0.5, 0.6) is 11.5 Å². The number of ether oxygens (including phenoxy) is 4. The molecule has 0 radical (unpaired) electrons.